The highest BCUT2D eigenvalue weighted by atomic mass is 32.1. The van der Waals surface area contributed by atoms with E-state index < -0.39 is 11.0 Å². The van der Waals surface area contributed by atoms with E-state index in [0.717, 1.165) is 32.1 Å². The molecule has 2 rings (SSSR count). The number of carbonyl (C=O) groups is 2. The van der Waals surface area contributed by atoms with Crippen LogP contribution in [0.5, 0.6) is 0 Å². The van der Waals surface area contributed by atoms with E-state index in [0.29, 0.717) is 12.8 Å². The van der Waals surface area contributed by atoms with E-state index in [1.807, 2.05) is 6.92 Å². The molecule has 19 heavy (non-hydrogen) atoms. The van der Waals surface area contributed by atoms with Crippen molar-refractivity contribution in [3.8, 4) is 0 Å². The minimum atomic E-state index is -0.815. The SMILES string of the molecule is CCC(C)(C(N)=S)N1C(=O)CC2(CCCCC2)C1=O. The van der Waals surface area contributed by atoms with Gasteiger partial charge in [0.05, 0.1) is 15.9 Å². The van der Waals surface area contributed by atoms with Crippen LogP contribution >= 0.6 is 12.2 Å². The molecular weight excluding hydrogens is 260 g/mol. The Morgan fingerprint density at radius 2 is 1.95 bits per heavy atom. The molecule has 1 aliphatic carbocycles. The first-order valence-electron chi connectivity index (χ1n) is 7.05. The van der Waals surface area contributed by atoms with Crippen molar-refractivity contribution in [3.63, 3.8) is 0 Å². The lowest BCUT2D eigenvalue weighted by Gasteiger charge is -2.38. The summed E-state index contributed by atoms with van der Waals surface area (Å²) >= 11 is 5.09. The maximum atomic E-state index is 12.8. The van der Waals surface area contributed by atoms with Gasteiger partial charge in [-0.1, -0.05) is 38.4 Å². The van der Waals surface area contributed by atoms with E-state index in [1.54, 1.807) is 6.92 Å². The van der Waals surface area contributed by atoms with Crippen molar-refractivity contribution < 1.29 is 9.59 Å². The van der Waals surface area contributed by atoms with Crippen molar-refractivity contribution in [2.24, 2.45) is 11.1 Å². The number of likely N-dealkylation sites (tertiary alicyclic amines) is 1. The lowest BCUT2D eigenvalue weighted by Crippen LogP contribution is -2.57. The van der Waals surface area contributed by atoms with E-state index in [9.17, 15) is 9.59 Å². The van der Waals surface area contributed by atoms with Crippen molar-refractivity contribution in [3.05, 3.63) is 0 Å². The second kappa shape index (κ2) is 4.85. The van der Waals surface area contributed by atoms with Crippen molar-refractivity contribution >= 4 is 29.0 Å². The molecule has 0 bridgehead atoms. The molecule has 0 aromatic rings. The van der Waals surface area contributed by atoms with Crippen LogP contribution in [0.2, 0.25) is 0 Å². The van der Waals surface area contributed by atoms with Gasteiger partial charge >= 0.3 is 0 Å². The van der Waals surface area contributed by atoms with Gasteiger partial charge in [-0.2, -0.15) is 0 Å². The first kappa shape index (κ1) is 14.4. The van der Waals surface area contributed by atoms with Crippen molar-refractivity contribution in [2.45, 2.75) is 64.3 Å². The number of carbonyl (C=O) groups excluding carboxylic acids is 2. The van der Waals surface area contributed by atoms with Gasteiger partial charge in [-0.15, -0.1) is 0 Å². The Hall–Kier alpha value is -0.970. The first-order valence-corrected chi connectivity index (χ1v) is 7.45. The van der Waals surface area contributed by atoms with E-state index in [2.05, 4.69) is 0 Å². The molecule has 1 atom stereocenters. The molecule has 5 heteroatoms. The summed E-state index contributed by atoms with van der Waals surface area (Å²) in [6.07, 6.45) is 5.77. The van der Waals surface area contributed by atoms with Gasteiger partial charge in [0.2, 0.25) is 11.8 Å². The number of imide groups is 1. The Morgan fingerprint density at radius 3 is 2.42 bits per heavy atom. The molecule has 1 heterocycles. The Labute approximate surface area is 119 Å². The molecule has 4 nitrogen and oxygen atoms in total. The van der Waals surface area contributed by atoms with Crippen LogP contribution in [0.15, 0.2) is 0 Å². The quantitative estimate of drug-likeness (QED) is 0.636. The second-order valence-electron chi connectivity index (χ2n) is 6.04. The summed E-state index contributed by atoms with van der Waals surface area (Å²) in [6, 6.07) is 0. The first-order chi connectivity index (χ1) is 8.87. The van der Waals surface area contributed by atoms with Gasteiger partial charge in [-0.25, -0.2) is 0 Å². The lowest BCUT2D eigenvalue weighted by atomic mass is 9.73. The summed E-state index contributed by atoms with van der Waals surface area (Å²) in [5.74, 6) is -0.154. The van der Waals surface area contributed by atoms with Crippen LogP contribution in [0, 0.1) is 5.41 Å². The van der Waals surface area contributed by atoms with Crippen molar-refractivity contribution in [1.82, 2.24) is 4.90 Å². The number of hydrogen-bond donors (Lipinski definition) is 1. The minimum Gasteiger partial charge on any atom is -0.391 e. The average Bonchev–Trinajstić information content (AvgIpc) is 2.61. The van der Waals surface area contributed by atoms with Gasteiger partial charge in [0.15, 0.2) is 0 Å². The third-order valence-corrected chi connectivity index (χ3v) is 5.36. The molecule has 106 valence electrons. The van der Waals surface area contributed by atoms with Crippen LogP contribution in [0.1, 0.15) is 58.8 Å². The third kappa shape index (κ3) is 2.08. The standard InChI is InChI=1S/C14H22N2O2S/c1-3-13(2,11(15)19)16-10(17)9-14(12(16)18)7-5-4-6-8-14/h3-9H2,1-2H3,(H2,15,19). The van der Waals surface area contributed by atoms with E-state index in [4.69, 9.17) is 18.0 Å². The van der Waals surface area contributed by atoms with Crippen LogP contribution in [0.25, 0.3) is 0 Å². The number of nitrogens with zero attached hydrogens (tertiary/aromatic N) is 1. The Morgan fingerprint density at radius 1 is 1.37 bits per heavy atom. The number of amides is 2. The molecule has 2 fully saturated rings. The van der Waals surface area contributed by atoms with Crippen LogP contribution in [-0.2, 0) is 9.59 Å². The Balaban J connectivity index is 2.35. The van der Waals surface area contributed by atoms with Crippen molar-refractivity contribution in [2.75, 3.05) is 0 Å². The van der Waals surface area contributed by atoms with Gasteiger partial charge in [-0.05, 0) is 26.2 Å². The predicted octanol–water partition coefficient (Wildman–Crippen LogP) is 2.15. The Kier molecular flexibility index (Phi) is 3.69. The maximum absolute atomic E-state index is 12.8. The summed E-state index contributed by atoms with van der Waals surface area (Å²) in [7, 11) is 0. The van der Waals surface area contributed by atoms with Gasteiger partial charge < -0.3 is 5.73 Å². The van der Waals surface area contributed by atoms with E-state index in [1.165, 1.54) is 4.90 Å². The Bertz CT molecular complexity index is 429. The molecule has 0 aromatic carbocycles. The molecule has 1 aliphatic heterocycles. The summed E-state index contributed by atoms with van der Waals surface area (Å²) in [5, 5.41) is 0. The fourth-order valence-electron chi connectivity index (χ4n) is 3.36. The number of thiocarbonyl (C=S) groups is 1. The highest BCUT2D eigenvalue weighted by Crippen LogP contribution is 2.47. The van der Waals surface area contributed by atoms with Crippen molar-refractivity contribution in [1.29, 1.82) is 0 Å². The zero-order chi connectivity index (χ0) is 14.3. The highest BCUT2D eigenvalue weighted by Gasteiger charge is 2.56. The highest BCUT2D eigenvalue weighted by molar-refractivity contribution is 7.80. The summed E-state index contributed by atoms with van der Waals surface area (Å²) in [4.78, 5) is 26.7. The topological polar surface area (TPSA) is 63.4 Å². The summed E-state index contributed by atoms with van der Waals surface area (Å²) in [5.41, 5.74) is 4.51. The smallest absolute Gasteiger partial charge is 0.236 e. The normalized spacial score (nSPS) is 25.7. The van der Waals surface area contributed by atoms with Gasteiger partial charge in [0.1, 0.15) is 0 Å². The third-order valence-electron chi connectivity index (χ3n) is 4.92. The molecule has 0 aromatic heterocycles. The molecule has 1 unspecified atom stereocenters. The zero-order valence-corrected chi connectivity index (χ0v) is 12.5. The fourth-order valence-corrected chi connectivity index (χ4v) is 3.59. The minimum absolute atomic E-state index is 0.0469. The van der Waals surface area contributed by atoms with Crippen LogP contribution in [-0.4, -0.2) is 27.2 Å². The number of nitrogens with two attached hydrogens (primary N) is 1. The number of rotatable bonds is 3. The maximum Gasteiger partial charge on any atom is 0.236 e. The van der Waals surface area contributed by atoms with E-state index in [-0.39, 0.29) is 16.8 Å². The van der Waals surface area contributed by atoms with Gasteiger partial charge in [-0.3, -0.25) is 14.5 Å². The molecule has 1 saturated carbocycles. The second-order valence-corrected chi connectivity index (χ2v) is 6.48. The molecule has 2 amide bonds. The van der Waals surface area contributed by atoms with Gasteiger partial charge in [0, 0.05) is 6.42 Å². The largest absolute Gasteiger partial charge is 0.391 e. The molecule has 1 spiro atoms. The average molecular weight is 282 g/mol. The molecular formula is C14H22N2O2S. The van der Waals surface area contributed by atoms with Crippen LogP contribution in [0.4, 0.5) is 0 Å². The fraction of sp³-hybridized carbons (Fsp3) is 0.786. The van der Waals surface area contributed by atoms with Crippen LogP contribution < -0.4 is 5.73 Å². The summed E-state index contributed by atoms with van der Waals surface area (Å²) < 4.78 is 0. The zero-order valence-electron chi connectivity index (χ0n) is 11.7. The number of hydrogen-bond acceptors (Lipinski definition) is 3. The monoisotopic (exact) mass is 282 g/mol. The van der Waals surface area contributed by atoms with Crippen LogP contribution in [0.3, 0.4) is 0 Å². The van der Waals surface area contributed by atoms with Gasteiger partial charge in [0.25, 0.3) is 0 Å². The molecule has 2 aliphatic rings. The van der Waals surface area contributed by atoms with E-state index >= 15 is 0 Å². The predicted molar refractivity (Wildman–Crippen MR) is 77.5 cm³/mol. The summed E-state index contributed by atoms with van der Waals surface area (Å²) in [6.45, 7) is 3.71. The lowest BCUT2D eigenvalue weighted by molar-refractivity contribution is -0.146. The molecule has 0 radical (unpaired) electrons. The molecule has 1 saturated heterocycles. The molecule has 2 N–H and O–H groups in total.